The summed E-state index contributed by atoms with van der Waals surface area (Å²) in [5.74, 6) is 0.359. The molecule has 2 aromatic rings. The average molecular weight is 374 g/mol. The summed E-state index contributed by atoms with van der Waals surface area (Å²) in [5.41, 5.74) is 1.68. The number of halogens is 1. The van der Waals surface area contributed by atoms with E-state index in [1.807, 2.05) is 24.3 Å². The maximum Gasteiger partial charge on any atom is 0.288 e. The molecule has 0 bridgehead atoms. The van der Waals surface area contributed by atoms with Crippen LogP contribution in [-0.4, -0.2) is 23.9 Å². The minimum Gasteiger partial charge on any atom is -0.372 e. The van der Waals surface area contributed by atoms with E-state index in [4.69, 9.17) is 11.6 Å². The van der Waals surface area contributed by atoms with Crippen molar-refractivity contribution in [1.82, 2.24) is 0 Å². The molecule has 1 saturated heterocycles. The van der Waals surface area contributed by atoms with Gasteiger partial charge >= 0.3 is 0 Å². The molecule has 1 aliphatic rings. The summed E-state index contributed by atoms with van der Waals surface area (Å²) in [6, 6.07) is 11.7. The van der Waals surface area contributed by atoms with Gasteiger partial charge in [-0.05, 0) is 55.2 Å². The summed E-state index contributed by atoms with van der Waals surface area (Å²) in [6.07, 6.45) is 2.38. The second kappa shape index (κ2) is 7.74. The van der Waals surface area contributed by atoms with Crippen LogP contribution in [0.25, 0.3) is 0 Å². The van der Waals surface area contributed by atoms with Crippen molar-refractivity contribution in [3.63, 3.8) is 0 Å². The van der Waals surface area contributed by atoms with Crippen molar-refractivity contribution >= 4 is 34.6 Å². The summed E-state index contributed by atoms with van der Waals surface area (Å²) in [7, 11) is 0. The first-order chi connectivity index (χ1) is 12.4. The molecular weight excluding hydrogens is 354 g/mol. The van der Waals surface area contributed by atoms with Crippen molar-refractivity contribution in [2.24, 2.45) is 5.92 Å². The lowest BCUT2D eigenvalue weighted by Crippen LogP contribution is -2.32. The Balaban J connectivity index is 1.68. The maximum atomic E-state index is 12.3. The zero-order chi connectivity index (χ0) is 18.7. The zero-order valence-corrected chi connectivity index (χ0v) is 15.2. The molecule has 6 nitrogen and oxygen atoms in total. The van der Waals surface area contributed by atoms with Crippen molar-refractivity contribution in [3.05, 3.63) is 63.2 Å². The van der Waals surface area contributed by atoms with Gasteiger partial charge in [0, 0.05) is 36.1 Å². The highest BCUT2D eigenvalue weighted by atomic mass is 35.5. The van der Waals surface area contributed by atoms with E-state index in [2.05, 4.69) is 17.1 Å². The first kappa shape index (κ1) is 18.2. The van der Waals surface area contributed by atoms with E-state index in [0.717, 1.165) is 24.7 Å². The lowest BCUT2D eigenvalue weighted by molar-refractivity contribution is -0.384. The Labute approximate surface area is 156 Å². The number of nitrogens with zero attached hydrogens (tertiary/aromatic N) is 2. The summed E-state index contributed by atoms with van der Waals surface area (Å²) in [4.78, 5) is 25.0. The second-order valence-corrected chi connectivity index (χ2v) is 7.00. The zero-order valence-electron chi connectivity index (χ0n) is 14.4. The van der Waals surface area contributed by atoms with Crippen LogP contribution in [0.5, 0.6) is 0 Å². The van der Waals surface area contributed by atoms with Crippen LogP contribution in [0, 0.1) is 16.0 Å². The molecule has 1 N–H and O–H groups in total. The van der Waals surface area contributed by atoms with Gasteiger partial charge < -0.3 is 10.2 Å². The van der Waals surface area contributed by atoms with Gasteiger partial charge in [-0.2, -0.15) is 0 Å². The van der Waals surface area contributed by atoms with Gasteiger partial charge in [0.25, 0.3) is 11.6 Å². The van der Waals surface area contributed by atoms with Gasteiger partial charge in [0.05, 0.1) is 4.92 Å². The lowest BCUT2D eigenvalue weighted by Gasteiger charge is -2.32. The van der Waals surface area contributed by atoms with Crippen LogP contribution in [0.1, 0.15) is 30.1 Å². The predicted molar refractivity (Wildman–Crippen MR) is 103 cm³/mol. The fourth-order valence-corrected chi connectivity index (χ4v) is 3.21. The SMILES string of the molecule is CC1CCN(c2ccc(NC(=O)c3ccc(Cl)c([N+](=O)[O-])c3)cc2)CC1. The van der Waals surface area contributed by atoms with E-state index in [0.29, 0.717) is 5.69 Å². The quantitative estimate of drug-likeness (QED) is 0.620. The molecule has 0 unspecified atom stereocenters. The van der Waals surface area contributed by atoms with Gasteiger partial charge in [-0.25, -0.2) is 0 Å². The number of amides is 1. The van der Waals surface area contributed by atoms with Crippen molar-refractivity contribution in [2.45, 2.75) is 19.8 Å². The Hall–Kier alpha value is -2.60. The number of carbonyl (C=O) groups excluding carboxylic acids is 1. The van der Waals surface area contributed by atoms with Gasteiger partial charge in [0.1, 0.15) is 5.02 Å². The minimum atomic E-state index is -0.604. The van der Waals surface area contributed by atoms with E-state index >= 15 is 0 Å². The van der Waals surface area contributed by atoms with Crippen LogP contribution in [0.4, 0.5) is 17.1 Å². The van der Waals surface area contributed by atoms with Gasteiger partial charge in [0.2, 0.25) is 0 Å². The van der Waals surface area contributed by atoms with E-state index < -0.39 is 10.8 Å². The Morgan fingerprint density at radius 1 is 1.19 bits per heavy atom. The standard InChI is InChI=1S/C19H20ClN3O3/c1-13-8-10-22(11-9-13)16-5-3-15(4-6-16)21-19(24)14-2-7-17(20)18(12-14)23(25)26/h2-7,12-13H,8-11H2,1H3,(H,21,24). The molecule has 1 amide bonds. The van der Waals surface area contributed by atoms with Crippen LogP contribution >= 0.6 is 11.6 Å². The number of benzene rings is 2. The highest BCUT2D eigenvalue weighted by Crippen LogP contribution is 2.27. The molecule has 0 aromatic heterocycles. The topological polar surface area (TPSA) is 75.5 Å². The first-order valence-corrected chi connectivity index (χ1v) is 8.92. The highest BCUT2D eigenvalue weighted by Gasteiger charge is 2.18. The number of hydrogen-bond donors (Lipinski definition) is 1. The highest BCUT2D eigenvalue weighted by molar-refractivity contribution is 6.32. The van der Waals surface area contributed by atoms with E-state index in [1.165, 1.54) is 31.0 Å². The van der Waals surface area contributed by atoms with Crippen molar-refractivity contribution in [1.29, 1.82) is 0 Å². The number of piperidine rings is 1. The molecular formula is C19H20ClN3O3. The van der Waals surface area contributed by atoms with Gasteiger partial charge in [-0.15, -0.1) is 0 Å². The molecule has 0 atom stereocenters. The Kier molecular flexibility index (Phi) is 5.42. The number of nitro benzene ring substituents is 1. The largest absolute Gasteiger partial charge is 0.372 e. The molecule has 26 heavy (non-hydrogen) atoms. The van der Waals surface area contributed by atoms with Crippen LogP contribution in [-0.2, 0) is 0 Å². The summed E-state index contributed by atoms with van der Waals surface area (Å²) < 4.78 is 0. The van der Waals surface area contributed by atoms with Gasteiger partial charge in [-0.3, -0.25) is 14.9 Å². The fraction of sp³-hybridized carbons (Fsp3) is 0.316. The molecule has 3 rings (SSSR count). The number of rotatable bonds is 4. The summed E-state index contributed by atoms with van der Waals surface area (Å²) >= 11 is 5.78. The monoisotopic (exact) mass is 373 g/mol. The number of nitrogens with one attached hydrogen (secondary N) is 1. The number of hydrogen-bond acceptors (Lipinski definition) is 4. The summed E-state index contributed by atoms with van der Waals surface area (Å²) in [6.45, 7) is 4.36. The maximum absolute atomic E-state index is 12.3. The molecule has 136 valence electrons. The van der Waals surface area contributed by atoms with Crippen molar-refractivity contribution < 1.29 is 9.72 Å². The average Bonchev–Trinajstić information content (AvgIpc) is 2.63. The molecule has 0 spiro atoms. The van der Waals surface area contributed by atoms with E-state index in [1.54, 1.807) is 0 Å². The summed E-state index contributed by atoms with van der Waals surface area (Å²) in [5, 5.41) is 13.7. The van der Waals surface area contributed by atoms with E-state index in [9.17, 15) is 14.9 Å². The molecule has 1 fully saturated rings. The minimum absolute atomic E-state index is 0.00625. The molecule has 7 heteroatoms. The second-order valence-electron chi connectivity index (χ2n) is 6.59. The van der Waals surface area contributed by atoms with Crippen molar-refractivity contribution in [3.8, 4) is 0 Å². The first-order valence-electron chi connectivity index (χ1n) is 8.54. The molecule has 1 heterocycles. The number of nitro groups is 1. The predicted octanol–water partition coefficient (Wildman–Crippen LogP) is 4.74. The van der Waals surface area contributed by atoms with Crippen LogP contribution in [0.2, 0.25) is 5.02 Å². The van der Waals surface area contributed by atoms with Crippen LogP contribution < -0.4 is 10.2 Å². The van der Waals surface area contributed by atoms with Gasteiger partial charge in [-0.1, -0.05) is 18.5 Å². The molecule has 2 aromatic carbocycles. The molecule has 0 saturated carbocycles. The third-order valence-electron chi connectivity index (χ3n) is 4.68. The smallest absolute Gasteiger partial charge is 0.288 e. The number of anilines is 2. The van der Waals surface area contributed by atoms with Gasteiger partial charge in [0.15, 0.2) is 0 Å². The van der Waals surface area contributed by atoms with Crippen LogP contribution in [0.15, 0.2) is 42.5 Å². The molecule has 0 radical (unpaired) electrons. The third kappa shape index (κ3) is 4.14. The third-order valence-corrected chi connectivity index (χ3v) is 5.00. The Bertz CT molecular complexity index is 815. The fourth-order valence-electron chi connectivity index (χ4n) is 3.02. The Morgan fingerprint density at radius 3 is 2.46 bits per heavy atom. The van der Waals surface area contributed by atoms with Crippen LogP contribution in [0.3, 0.4) is 0 Å². The lowest BCUT2D eigenvalue weighted by atomic mass is 9.99. The van der Waals surface area contributed by atoms with Crippen molar-refractivity contribution in [2.75, 3.05) is 23.3 Å². The molecule has 1 aliphatic heterocycles. The molecule has 0 aliphatic carbocycles. The number of carbonyl (C=O) groups is 1. The normalized spacial score (nSPS) is 14.9. The Morgan fingerprint density at radius 2 is 1.85 bits per heavy atom. The van der Waals surface area contributed by atoms with E-state index in [-0.39, 0.29) is 16.3 Å².